The standard InChI is InChI=1S/C15H16N2O3S/c1-9-4-6-17(13(9)14(18)19)15(20)16-11-2-3-12-10(8-11)5-7-21-12/h2-3,5,7-9,13H,4,6H2,1H3,(H,16,20)(H,18,19). The van der Waals surface area contributed by atoms with Crippen LogP contribution in [0.5, 0.6) is 0 Å². The maximum absolute atomic E-state index is 12.3. The van der Waals surface area contributed by atoms with Crippen LogP contribution in [0, 0.1) is 5.92 Å². The molecule has 110 valence electrons. The van der Waals surface area contributed by atoms with Crippen molar-refractivity contribution in [2.24, 2.45) is 5.92 Å². The molecule has 2 heterocycles. The van der Waals surface area contributed by atoms with E-state index in [0.717, 1.165) is 10.1 Å². The maximum Gasteiger partial charge on any atom is 0.326 e. The summed E-state index contributed by atoms with van der Waals surface area (Å²) in [6.45, 7) is 2.34. The van der Waals surface area contributed by atoms with Gasteiger partial charge in [-0.2, -0.15) is 0 Å². The number of carboxylic acids is 1. The van der Waals surface area contributed by atoms with Gasteiger partial charge in [-0.25, -0.2) is 9.59 Å². The molecule has 5 nitrogen and oxygen atoms in total. The van der Waals surface area contributed by atoms with Gasteiger partial charge in [0.25, 0.3) is 0 Å². The minimum Gasteiger partial charge on any atom is -0.480 e. The van der Waals surface area contributed by atoms with Gasteiger partial charge in [-0.3, -0.25) is 0 Å². The second-order valence-electron chi connectivity index (χ2n) is 5.35. The van der Waals surface area contributed by atoms with Crippen LogP contribution < -0.4 is 5.32 Å². The molecule has 1 saturated heterocycles. The Hall–Kier alpha value is -2.08. The number of amides is 2. The van der Waals surface area contributed by atoms with Crippen molar-refractivity contribution in [2.75, 3.05) is 11.9 Å². The van der Waals surface area contributed by atoms with Crippen molar-refractivity contribution in [3.63, 3.8) is 0 Å². The Labute approximate surface area is 126 Å². The van der Waals surface area contributed by atoms with Crippen molar-refractivity contribution < 1.29 is 14.7 Å². The minimum absolute atomic E-state index is 0.0207. The first kappa shape index (κ1) is 13.9. The van der Waals surface area contributed by atoms with Gasteiger partial charge in [-0.15, -0.1) is 11.3 Å². The number of carbonyl (C=O) groups excluding carboxylic acids is 1. The summed E-state index contributed by atoms with van der Waals surface area (Å²) in [7, 11) is 0. The lowest BCUT2D eigenvalue weighted by Gasteiger charge is -2.23. The van der Waals surface area contributed by atoms with E-state index in [1.807, 2.05) is 36.6 Å². The van der Waals surface area contributed by atoms with E-state index in [2.05, 4.69) is 5.32 Å². The molecule has 0 aliphatic carbocycles. The molecular formula is C15H16N2O3S. The number of likely N-dealkylation sites (tertiary alicyclic amines) is 1. The summed E-state index contributed by atoms with van der Waals surface area (Å²) in [4.78, 5) is 25.0. The van der Waals surface area contributed by atoms with Crippen LogP contribution >= 0.6 is 11.3 Å². The van der Waals surface area contributed by atoms with E-state index in [1.54, 1.807) is 11.3 Å². The van der Waals surface area contributed by atoms with Crippen molar-refractivity contribution in [3.8, 4) is 0 Å². The third-order valence-corrected chi connectivity index (χ3v) is 4.82. The number of anilines is 1. The van der Waals surface area contributed by atoms with Crippen molar-refractivity contribution in [1.29, 1.82) is 0 Å². The fraction of sp³-hybridized carbons (Fsp3) is 0.333. The first-order valence-electron chi connectivity index (χ1n) is 6.84. The van der Waals surface area contributed by atoms with E-state index in [1.165, 1.54) is 4.90 Å². The molecule has 0 saturated carbocycles. The Morgan fingerprint density at radius 1 is 1.38 bits per heavy atom. The molecule has 21 heavy (non-hydrogen) atoms. The molecule has 2 unspecified atom stereocenters. The highest BCUT2D eigenvalue weighted by Crippen LogP contribution is 2.27. The summed E-state index contributed by atoms with van der Waals surface area (Å²) >= 11 is 1.64. The molecule has 1 aromatic carbocycles. The van der Waals surface area contributed by atoms with E-state index < -0.39 is 12.0 Å². The van der Waals surface area contributed by atoms with Gasteiger partial charge in [0, 0.05) is 16.9 Å². The Morgan fingerprint density at radius 3 is 2.95 bits per heavy atom. The highest BCUT2D eigenvalue weighted by Gasteiger charge is 2.39. The van der Waals surface area contributed by atoms with Gasteiger partial charge in [-0.05, 0) is 47.4 Å². The molecular weight excluding hydrogens is 288 g/mol. The molecule has 2 N–H and O–H groups in total. The van der Waals surface area contributed by atoms with E-state index in [9.17, 15) is 14.7 Å². The zero-order valence-corrected chi connectivity index (χ0v) is 12.4. The second kappa shape index (κ2) is 5.37. The lowest BCUT2D eigenvalue weighted by molar-refractivity contribution is -0.142. The average molecular weight is 304 g/mol. The number of hydrogen-bond donors (Lipinski definition) is 2. The molecule has 0 radical (unpaired) electrons. The average Bonchev–Trinajstić information content (AvgIpc) is 3.04. The van der Waals surface area contributed by atoms with Gasteiger partial charge in [0.2, 0.25) is 0 Å². The predicted octanol–water partition coefficient (Wildman–Crippen LogP) is 3.23. The van der Waals surface area contributed by atoms with Crippen LogP contribution in [0.1, 0.15) is 13.3 Å². The predicted molar refractivity (Wildman–Crippen MR) is 82.8 cm³/mol. The Morgan fingerprint density at radius 2 is 2.19 bits per heavy atom. The molecule has 1 aromatic heterocycles. The Balaban J connectivity index is 1.77. The SMILES string of the molecule is CC1CCN(C(=O)Nc2ccc3sccc3c2)C1C(=O)O. The first-order chi connectivity index (χ1) is 10.1. The quantitative estimate of drug-likeness (QED) is 0.895. The van der Waals surface area contributed by atoms with Gasteiger partial charge in [-0.1, -0.05) is 6.92 Å². The number of nitrogens with zero attached hydrogens (tertiary/aromatic N) is 1. The van der Waals surface area contributed by atoms with Gasteiger partial charge >= 0.3 is 12.0 Å². The number of urea groups is 1. The first-order valence-corrected chi connectivity index (χ1v) is 7.72. The third-order valence-electron chi connectivity index (χ3n) is 3.92. The van der Waals surface area contributed by atoms with Crippen LogP contribution in [0.3, 0.4) is 0 Å². The molecule has 6 heteroatoms. The van der Waals surface area contributed by atoms with Crippen molar-refractivity contribution in [3.05, 3.63) is 29.6 Å². The van der Waals surface area contributed by atoms with E-state index in [0.29, 0.717) is 18.7 Å². The fourth-order valence-electron chi connectivity index (χ4n) is 2.79. The monoisotopic (exact) mass is 304 g/mol. The van der Waals surface area contributed by atoms with Crippen LogP contribution in [0.15, 0.2) is 29.6 Å². The summed E-state index contributed by atoms with van der Waals surface area (Å²) in [5, 5.41) is 15.1. The second-order valence-corrected chi connectivity index (χ2v) is 6.29. The molecule has 0 spiro atoms. The molecule has 1 fully saturated rings. The van der Waals surface area contributed by atoms with Gasteiger partial charge in [0.15, 0.2) is 0 Å². The van der Waals surface area contributed by atoms with Gasteiger partial charge in [0.05, 0.1) is 0 Å². The fourth-order valence-corrected chi connectivity index (χ4v) is 3.56. The van der Waals surface area contributed by atoms with Crippen LogP contribution in [0.2, 0.25) is 0 Å². The zero-order chi connectivity index (χ0) is 15.0. The van der Waals surface area contributed by atoms with Crippen molar-refractivity contribution >= 4 is 39.1 Å². The lowest BCUT2D eigenvalue weighted by atomic mass is 10.0. The number of carbonyl (C=O) groups is 2. The lowest BCUT2D eigenvalue weighted by Crippen LogP contribution is -2.44. The van der Waals surface area contributed by atoms with E-state index in [-0.39, 0.29) is 11.9 Å². The highest BCUT2D eigenvalue weighted by molar-refractivity contribution is 7.17. The molecule has 1 aliphatic heterocycles. The molecule has 2 atom stereocenters. The van der Waals surface area contributed by atoms with Gasteiger partial charge < -0.3 is 15.3 Å². The van der Waals surface area contributed by atoms with Crippen LogP contribution in [-0.2, 0) is 4.79 Å². The molecule has 2 amide bonds. The highest BCUT2D eigenvalue weighted by atomic mass is 32.1. The Kier molecular flexibility index (Phi) is 3.55. The number of hydrogen-bond acceptors (Lipinski definition) is 3. The number of carboxylic acid groups (broad SMARTS) is 1. The largest absolute Gasteiger partial charge is 0.480 e. The Bertz CT molecular complexity index is 697. The summed E-state index contributed by atoms with van der Waals surface area (Å²) in [5.41, 5.74) is 0.689. The smallest absolute Gasteiger partial charge is 0.326 e. The van der Waals surface area contributed by atoms with E-state index in [4.69, 9.17) is 0 Å². The summed E-state index contributed by atoms with van der Waals surface area (Å²) in [5.74, 6) is -0.962. The third kappa shape index (κ3) is 2.58. The van der Waals surface area contributed by atoms with Crippen LogP contribution in [-0.4, -0.2) is 34.6 Å². The van der Waals surface area contributed by atoms with Gasteiger partial charge in [0.1, 0.15) is 6.04 Å². The normalized spacial score (nSPS) is 21.7. The zero-order valence-electron chi connectivity index (χ0n) is 11.6. The molecule has 2 aromatic rings. The van der Waals surface area contributed by atoms with Crippen molar-refractivity contribution in [1.82, 2.24) is 4.90 Å². The molecule has 3 rings (SSSR count). The molecule has 0 bridgehead atoms. The number of nitrogens with one attached hydrogen (secondary N) is 1. The van der Waals surface area contributed by atoms with Crippen molar-refractivity contribution in [2.45, 2.75) is 19.4 Å². The van der Waals surface area contributed by atoms with Crippen LogP contribution in [0.4, 0.5) is 10.5 Å². The number of rotatable bonds is 2. The summed E-state index contributed by atoms with van der Waals surface area (Å²) in [6.07, 6.45) is 0.716. The maximum atomic E-state index is 12.3. The number of thiophene rings is 1. The summed E-state index contributed by atoms with van der Waals surface area (Å²) < 4.78 is 1.16. The van der Waals surface area contributed by atoms with E-state index >= 15 is 0 Å². The minimum atomic E-state index is -0.941. The number of aliphatic carboxylic acids is 1. The summed E-state index contributed by atoms with van der Waals surface area (Å²) in [6, 6.07) is 6.60. The number of benzene rings is 1. The van der Waals surface area contributed by atoms with Crippen LogP contribution in [0.25, 0.3) is 10.1 Å². The molecule has 1 aliphatic rings. The number of fused-ring (bicyclic) bond motifs is 1. The topological polar surface area (TPSA) is 69.6 Å².